The fourth-order valence-electron chi connectivity index (χ4n) is 0.738. The Labute approximate surface area is 79.8 Å². The zero-order valence-corrected chi connectivity index (χ0v) is 7.29. The highest BCUT2D eigenvalue weighted by Crippen LogP contribution is 2.14. The van der Waals surface area contributed by atoms with Crippen LogP contribution in [0.2, 0.25) is 0 Å². The van der Waals surface area contributed by atoms with Gasteiger partial charge < -0.3 is 25.8 Å². The third kappa shape index (κ3) is 3.04. The first-order chi connectivity index (χ1) is 6.61. The SMILES string of the molecule is Nc1nc(O)cc(OCC(O)CO)n1. The van der Waals surface area contributed by atoms with E-state index in [0.29, 0.717) is 0 Å². The minimum absolute atomic E-state index is 0.0440. The molecule has 0 aliphatic rings. The minimum Gasteiger partial charge on any atom is -0.493 e. The maximum absolute atomic E-state index is 8.99. The van der Waals surface area contributed by atoms with Crippen molar-refractivity contribution in [3.63, 3.8) is 0 Å². The second-order valence-electron chi connectivity index (χ2n) is 2.57. The van der Waals surface area contributed by atoms with Crippen molar-refractivity contribution in [2.75, 3.05) is 18.9 Å². The first kappa shape index (κ1) is 10.5. The predicted molar refractivity (Wildman–Crippen MR) is 46.7 cm³/mol. The molecule has 0 aromatic carbocycles. The summed E-state index contributed by atoms with van der Waals surface area (Å²) in [4.78, 5) is 7.04. The van der Waals surface area contributed by atoms with Crippen molar-refractivity contribution in [2.45, 2.75) is 6.10 Å². The van der Waals surface area contributed by atoms with Crippen LogP contribution in [0.3, 0.4) is 0 Å². The second kappa shape index (κ2) is 4.58. The Kier molecular flexibility index (Phi) is 3.43. The summed E-state index contributed by atoms with van der Waals surface area (Å²) in [5.41, 5.74) is 5.22. The molecular weight excluding hydrogens is 190 g/mol. The van der Waals surface area contributed by atoms with Crippen molar-refractivity contribution in [3.05, 3.63) is 6.07 Å². The zero-order valence-electron chi connectivity index (χ0n) is 7.29. The molecule has 7 heteroatoms. The van der Waals surface area contributed by atoms with Gasteiger partial charge in [0.1, 0.15) is 12.7 Å². The average molecular weight is 201 g/mol. The first-order valence-corrected chi connectivity index (χ1v) is 3.87. The Morgan fingerprint density at radius 1 is 1.50 bits per heavy atom. The maximum atomic E-state index is 8.99. The van der Waals surface area contributed by atoms with E-state index in [-0.39, 0.29) is 24.3 Å². The van der Waals surface area contributed by atoms with Gasteiger partial charge in [-0.15, -0.1) is 0 Å². The molecule has 1 atom stereocenters. The molecule has 14 heavy (non-hydrogen) atoms. The number of nitrogens with two attached hydrogens (primary N) is 1. The van der Waals surface area contributed by atoms with E-state index >= 15 is 0 Å². The van der Waals surface area contributed by atoms with Crippen molar-refractivity contribution < 1.29 is 20.1 Å². The number of ether oxygens (including phenoxy) is 1. The van der Waals surface area contributed by atoms with Gasteiger partial charge in [-0.05, 0) is 0 Å². The van der Waals surface area contributed by atoms with Crippen molar-refractivity contribution in [1.82, 2.24) is 9.97 Å². The molecule has 0 fully saturated rings. The van der Waals surface area contributed by atoms with Gasteiger partial charge in [0, 0.05) is 0 Å². The second-order valence-corrected chi connectivity index (χ2v) is 2.57. The van der Waals surface area contributed by atoms with Gasteiger partial charge in [0.15, 0.2) is 0 Å². The fraction of sp³-hybridized carbons (Fsp3) is 0.429. The monoisotopic (exact) mass is 201 g/mol. The topological polar surface area (TPSA) is 122 Å². The summed E-state index contributed by atoms with van der Waals surface area (Å²) in [6.07, 6.45) is -0.992. The van der Waals surface area contributed by atoms with E-state index in [4.69, 9.17) is 25.8 Å². The average Bonchev–Trinajstić information content (AvgIpc) is 2.12. The van der Waals surface area contributed by atoms with Crippen LogP contribution < -0.4 is 10.5 Å². The Bertz CT molecular complexity index is 287. The maximum Gasteiger partial charge on any atom is 0.226 e. The van der Waals surface area contributed by atoms with Crippen molar-refractivity contribution in [3.8, 4) is 11.8 Å². The van der Waals surface area contributed by atoms with E-state index in [1.54, 1.807) is 0 Å². The molecule has 1 unspecified atom stereocenters. The third-order valence-corrected chi connectivity index (χ3v) is 1.34. The number of aromatic hydroxyl groups is 1. The number of hydrogen-bond acceptors (Lipinski definition) is 7. The Hall–Kier alpha value is -1.60. The molecule has 1 heterocycles. The van der Waals surface area contributed by atoms with E-state index in [2.05, 4.69) is 9.97 Å². The summed E-state index contributed by atoms with van der Waals surface area (Å²) in [5, 5.41) is 26.4. The van der Waals surface area contributed by atoms with Crippen molar-refractivity contribution in [2.24, 2.45) is 0 Å². The van der Waals surface area contributed by atoms with Gasteiger partial charge in [-0.2, -0.15) is 9.97 Å². The van der Waals surface area contributed by atoms with Crippen LogP contribution in [-0.2, 0) is 0 Å². The number of aliphatic hydroxyl groups is 2. The Morgan fingerprint density at radius 2 is 2.21 bits per heavy atom. The molecular formula is C7H11N3O4. The molecule has 1 aromatic heterocycles. The highest BCUT2D eigenvalue weighted by atomic mass is 16.5. The molecule has 0 saturated heterocycles. The summed E-state index contributed by atoms with van der Waals surface area (Å²) in [7, 11) is 0. The number of hydrogen-bond donors (Lipinski definition) is 4. The van der Waals surface area contributed by atoms with E-state index in [1.165, 1.54) is 0 Å². The minimum atomic E-state index is -0.992. The van der Waals surface area contributed by atoms with Crippen LogP contribution in [0, 0.1) is 0 Å². The number of anilines is 1. The van der Waals surface area contributed by atoms with Crippen LogP contribution in [-0.4, -0.2) is 44.6 Å². The molecule has 0 aliphatic heterocycles. The normalized spacial score (nSPS) is 12.4. The Morgan fingerprint density at radius 3 is 2.79 bits per heavy atom. The van der Waals surface area contributed by atoms with Crippen LogP contribution in [0.5, 0.6) is 11.8 Å². The van der Waals surface area contributed by atoms with E-state index in [0.717, 1.165) is 6.07 Å². The van der Waals surface area contributed by atoms with Crippen LogP contribution in [0.25, 0.3) is 0 Å². The molecule has 0 bridgehead atoms. The largest absolute Gasteiger partial charge is 0.493 e. The number of nitrogen functional groups attached to an aromatic ring is 1. The van der Waals surface area contributed by atoms with E-state index < -0.39 is 12.7 Å². The van der Waals surface area contributed by atoms with Crippen molar-refractivity contribution >= 4 is 5.95 Å². The van der Waals surface area contributed by atoms with Crippen molar-refractivity contribution in [1.29, 1.82) is 0 Å². The van der Waals surface area contributed by atoms with E-state index in [9.17, 15) is 0 Å². The third-order valence-electron chi connectivity index (χ3n) is 1.34. The number of aliphatic hydroxyl groups excluding tert-OH is 2. The molecule has 0 radical (unpaired) electrons. The number of nitrogens with zero attached hydrogens (tertiary/aromatic N) is 2. The smallest absolute Gasteiger partial charge is 0.226 e. The molecule has 1 rings (SSSR count). The summed E-state index contributed by atoms with van der Waals surface area (Å²) in [6.45, 7) is -0.543. The molecule has 1 aromatic rings. The molecule has 0 amide bonds. The van der Waals surface area contributed by atoms with E-state index in [1.807, 2.05) is 0 Å². The van der Waals surface area contributed by atoms with Gasteiger partial charge in [-0.25, -0.2) is 0 Å². The summed E-state index contributed by atoms with van der Waals surface area (Å²) < 4.78 is 4.92. The zero-order chi connectivity index (χ0) is 10.6. The lowest BCUT2D eigenvalue weighted by molar-refractivity contribution is 0.0520. The Balaban J connectivity index is 2.58. The summed E-state index contributed by atoms with van der Waals surface area (Å²) in [6, 6.07) is 1.15. The van der Waals surface area contributed by atoms with Crippen LogP contribution in [0.15, 0.2) is 6.07 Å². The van der Waals surface area contributed by atoms with Gasteiger partial charge in [0.2, 0.25) is 17.7 Å². The molecule has 78 valence electrons. The lowest BCUT2D eigenvalue weighted by Crippen LogP contribution is -2.21. The van der Waals surface area contributed by atoms with Gasteiger partial charge in [0.05, 0.1) is 12.7 Å². The van der Waals surface area contributed by atoms with Crippen LogP contribution in [0.4, 0.5) is 5.95 Å². The lowest BCUT2D eigenvalue weighted by Gasteiger charge is -2.08. The van der Waals surface area contributed by atoms with Gasteiger partial charge >= 0.3 is 0 Å². The number of rotatable bonds is 4. The highest BCUT2D eigenvalue weighted by molar-refractivity contribution is 5.28. The molecule has 0 saturated carbocycles. The predicted octanol–water partition coefficient (Wildman–Crippen LogP) is -1.50. The highest BCUT2D eigenvalue weighted by Gasteiger charge is 2.06. The van der Waals surface area contributed by atoms with Gasteiger partial charge in [-0.3, -0.25) is 0 Å². The standard InChI is InChI=1S/C7H11N3O4/c8-7-9-5(13)1-6(10-7)14-3-4(12)2-11/h1,4,11-12H,2-3H2,(H3,8,9,10,13). The number of aromatic nitrogens is 2. The van der Waals surface area contributed by atoms with Gasteiger partial charge in [-0.1, -0.05) is 0 Å². The lowest BCUT2D eigenvalue weighted by atomic mass is 10.4. The molecule has 7 nitrogen and oxygen atoms in total. The van der Waals surface area contributed by atoms with Crippen LogP contribution >= 0.6 is 0 Å². The van der Waals surface area contributed by atoms with Gasteiger partial charge in [0.25, 0.3) is 0 Å². The molecule has 0 spiro atoms. The quantitative estimate of drug-likeness (QED) is 0.467. The molecule has 0 aliphatic carbocycles. The first-order valence-electron chi connectivity index (χ1n) is 3.87. The van der Waals surface area contributed by atoms with Crippen LogP contribution in [0.1, 0.15) is 0 Å². The summed E-state index contributed by atoms with van der Waals surface area (Å²) >= 11 is 0. The fourth-order valence-corrected chi connectivity index (χ4v) is 0.738. The summed E-state index contributed by atoms with van der Waals surface area (Å²) in [5.74, 6) is -0.396. The molecule has 5 N–H and O–H groups in total.